The first kappa shape index (κ1) is 18.0. The van der Waals surface area contributed by atoms with Gasteiger partial charge in [-0.05, 0) is 19.8 Å². The fourth-order valence-corrected chi connectivity index (χ4v) is 2.41. The fraction of sp³-hybridized carbons (Fsp3) is 0.882. The molecule has 1 fully saturated rings. The Balaban J connectivity index is 2.41. The quantitative estimate of drug-likeness (QED) is 0.634. The number of esters is 2. The molecule has 21 heavy (non-hydrogen) atoms. The van der Waals surface area contributed by atoms with Crippen LogP contribution in [0.2, 0.25) is 0 Å². The van der Waals surface area contributed by atoms with E-state index in [0.717, 1.165) is 25.7 Å². The first-order valence-electron chi connectivity index (χ1n) is 8.44. The lowest BCUT2D eigenvalue weighted by molar-refractivity contribution is -0.154. The van der Waals surface area contributed by atoms with E-state index in [4.69, 9.17) is 9.47 Å². The van der Waals surface area contributed by atoms with Crippen LogP contribution in [0.15, 0.2) is 0 Å². The first-order chi connectivity index (χ1) is 10.1. The van der Waals surface area contributed by atoms with E-state index in [9.17, 15) is 9.59 Å². The van der Waals surface area contributed by atoms with Gasteiger partial charge in [0.15, 0.2) is 0 Å². The smallest absolute Gasteiger partial charge is 0.306 e. The van der Waals surface area contributed by atoms with Gasteiger partial charge < -0.3 is 9.47 Å². The Bertz CT molecular complexity index is 314. The van der Waals surface area contributed by atoms with Crippen LogP contribution in [0.1, 0.15) is 78.1 Å². The summed E-state index contributed by atoms with van der Waals surface area (Å²) in [6.07, 6.45) is 9.61. The summed E-state index contributed by atoms with van der Waals surface area (Å²) in [5.41, 5.74) is 0. The monoisotopic (exact) mass is 298 g/mol. The summed E-state index contributed by atoms with van der Waals surface area (Å²) in [5.74, 6) is -0.233. The standard InChI is InChI=1S/C17H30O4/c1-14-13-20-16(18)11-9-7-5-3-4-6-8-10-12-17(19)21-15(14)2/h14-15H,3-13H2,1-2H3. The molecule has 0 amide bonds. The molecule has 0 aromatic rings. The van der Waals surface area contributed by atoms with Crippen LogP contribution in [0.5, 0.6) is 0 Å². The molecule has 0 aromatic heterocycles. The summed E-state index contributed by atoms with van der Waals surface area (Å²) in [7, 11) is 0. The highest BCUT2D eigenvalue weighted by Gasteiger charge is 2.18. The van der Waals surface area contributed by atoms with Gasteiger partial charge >= 0.3 is 11.9 Å². The molecule has 1 aliphatic rings. The Morgan fingerprint density at radius 2 is 1.24 bits per heavy atom. The number of hydrogen-bond acceptors (Lipinski definition) is 4. The average molecular weight is 298 g/mol. The van der Waals surface area contributed by atoms with Gasteiger partial charge in [0, 0.05) is 18.8 Å². The molecule has 122 valence electrons. The van der Waals surface area contributed by atoms with Gasteiger partial charge in [-0.25, -0.2) is 0 Å². The maximum Gasteiger partial charge on any atom is 0.306 e. The Morgan fingerprint density at radius 3 is 1.81 bits per heavy atom. The van der Waals surface area contributed by atoms with Crippen LogP contribution < -0.4 is 0 Å². The van der Waals surface area contributed by atoms with Crippen molar-refractivity contribution in [2.24, 2.45) is 5.92 Å². The molecule has 2 atom stereocenters. The minimum Gasteiger partial charge on any atom is -0.465 e. The molecule has 0 radical (unpaired) electrons. The van der Waals surface area contributed by atoms with E-state index in [0.29, 0.717) is 19.4 Å². The van der Waals surface area contributed by atoms with Crippen molar-refractivity contribution in [3.05, 3.63) is 0 Å². The van der Waals surface area contributed by atoms with E-state index in [2.05, 4.69) is 0 Å². The van der Waals surface area contributed by atoms with Crippen LogP contribution in [0.25, 0.3) is 0 Å². The van der Waals surface area contributed by atoms with Gasteiger partial charge in [-0.3, -0.25) is 9.59 Å². The SMILES string of the molecule is CC1COC(=O)CCCCCCCCCCC(=O)OC1C. The lowest BCUT2D eigenvalue weighted by Gasteiger charge is -2.20. The number of hydrogen-bond donors (Lipinski definition) is 0. The largest absolute Gasteiger partial charge is 0.465 e. The van der Waals surface area contributed by atoms with Crippen LogP contribution in [0.4, 0.5) is 0 Å². The highest BCUT2D eigenvalue weighted by Crippen LogP contribution is 2.14. The van der Waals surface area contributed by atoms with Gasteiger partial charge in [-0.15, -0.1) is 0 Å². The molecule has 1 heterocycles. The first-order valence-corrected chi connectivity index (χ1v) is 8.44. The molecule has 1 aliphatic heterocycles. The molecular weight excluding hydrogens is 268 g/mol. The molecule has 0 bridgehead atoms. The maximum absolute atomic E-state index is 11.7. The predicted molar refractivity (Wildman–Crippen MR) is 81.8 cm³/mol. The van der Waals surface area contributed by atoms with Crippen molar-refractivity contribution in [2.45, 2.75) is 84.2 Å². The van der Waals surface area contributed by atoms with E-state index in [-0.39, 0.29) is 24.0 Å². The lowest BCUT2D eigenvalue weighted by Crippen LogP contribution is -2.26. The third-order valence-electron chi connectivity index (χ3n) is 4.14. The normalized spacial score (nSPS) is 28.3. The van der Waals surface area contributed by atoms with Crippen molar-refractivity contribution < 1.29 is 19.1 Å². The highest BCUT2D eigenvalue weighted by molar-refractivity contribution is 5.69. The zero-order valence-electron chi connectivity index (χ0n) is 13.6. The van der Waals surface area contributed by atoms with Crippen molar-refractivity contribution in [2.75, 3.05) is 6.61 Å². The summed E-state index contributed by atoms with van der Waals surface area (Å²) in [4.78, 5) is 23.3. The molecule has 0 aliphatic carbocycles. The van der Waals surface area contributed by atoms with Gasteiger partial charge in [0.05, 0.1) is 6.61 Å². The second kappa shape index (κ2) is 10.6. The maximum atomic E-state index is 11.7. The summed E-state index contributed by atoms with van der Waals surface area (Å²) in [6.45, 7) is 4.14. The van der Waals surface area contributed by atoms with Crippen molar-refractivity contribution in [3.63, 3.8) is 0 Å². The van der Waals surface area contributed by atoms with E-state index in [1.54, 1.807) is 0 Å². The van der Waals surface area contributed by atoms with Crippen molar-refractivity contribution in [3.8, 4) is 0 Å². The van der Waals surface area contributed by atoms with Crippen LogP contribution >= 0.6 is 0 Å². The van der Waals surface area contributed by atoms with E-state index < -0.39 is 0 Å². The van der Waals surface area contributed by atoms with Gasteiger partial charge in [0.1, 0.15) is 6.10 Å². The minimum atomic E-state index is -0.207. The van der Waals surface area contributed by atoms with E-state index in [1.807, 2.05) is 13.8 Å². The van der Waals surface area contributed by atoms with Gasteiger partial charge in [-0.2, -0.15) is 0 Å². The second-order valence-corrected chi connectivity index (χ2v) is 6.18. The number of carbonyl (C=O) groups is 2. The molecule has 0 aromatic carbocycles. The molecule has 1 saturated heterocycles. The zero-order chi connectivity index (χ0) is 15.5. The number of carbonyl (C=O) groups excluding carboxylic acids is 2. The summed E-state index contributed by atoms with van der Waals surface area (Å²) < 4.78 is 10.6. The van der Waals surface area contributed by atoms with Crippen molar-refractivity contribution >= 4 is 11.9 Å². The third-order valence-corrected chi connectivity index (χ3v) is 4.14. The molecule has 0 spiro atoms. The summed E-state index contributed by atoms with van der Waals surface area (Å²) in [5, 5.41) is 0. The topological polar surface area (TPSA) is 52.6 Å². The number of ether oxygens (including phenoxy) is 2. The van der Waals surface area contributed by atoms with Gasteiger partial charge in [0.2, 0.25) is 0 Å². The Morgan fingerprint density at radius 1 is 0.762 bits per heavy atom. The van der Waals surface area contributed by atoms with Crippen LogP contribution in [0, 0.1) is 5.92 Å². The van der Waals surface area contributed by atoms with Crippen LogP contribution in [0.3, 0.4) is 0 Å². The Kier molecular flexibility index (Phi) is 9.11. The molecule has 4 nitrogen and oxygen atoms in total. The van der Waals surface area contributed by atoms with Crippen molar-refractivity contribution in [1.29, 1.82) is 0 Å². The van der Waals surface area contributed by atoms with E-state index in [1.165, 1.54) is 25.7 Å². The van der Waals surface area contributed by atoms with Crippen molar-refractivity contribution in [1.82, 2.24) is 0 Å². The molecule has 0 N–H and O–H groups in total. The molecule has 0 saturated carbocycles. The number of rotatable bonds is 0. The average Bonchev–Trinajstić information content (AvgIpc) is 2.45. The number of cyclic esters (lactones) is 2. The fourth-order valence-electron chi connectivity index (χ4n) is 2.41. The highest BCUT2D eigenvalue weighted by atomic mass is 16.6. The Hall–Kier alpha value is -1.06. The lowest BCUT2D eigenvalue weighted by atomic mass is 10.1. The van der Waals surface area contributed by atoms with Crippen LogP contribution in [-0.2, 0) is 19.1 Å². The second-order valence-electron chi connectivity index (χ2n) is 6.18. The minimum absolute atomic E-state index is 0.0357. The molecule has 4 heteroatoms. The third kappa shape index (κ3) is 8.74. The van der Waals surface area contributed by atoms with Crippen LogP contribution in [-0.4, -0.2) is 24.6 Å². The summed E-state index contributed by atoms with van der Waals surface area (Å²) >= 11 is 0. The Labute approximate surface area is 128 Å². The van der Waals surface area contributed by atoms with E-state index >= 15 is 0 Å². The van der Waals surface area contributed by atoms with Gasteiger partial charge in [-0.1, -0.05) is 45.4 Å². The summed E-state index contributed by atoms with van der Waals surface area (Å²) in [6, 6.07) is 0. The predicted octanol–water partition coefficient (Wildman–Crippen LogP) is 4.01. The molecular formula is C17H30O4. The molecule has 1 rings (SSSR count). The van der Waals surface area contributed by atoms with Gasteiger partial charge in [0.25, 0.3) is 0 Å². The molecule has 2 unspecified atom stereocenters. The zero-order valence-corrected chi connectivity index (χ0v) is 13.6.